The predicted molar refractivity (Wildman–Crippen MR) is 59.3 cm³/mol. The van der Waals surface area contributed by atoms with Gasteiger partial charge in [0, 0.05) is 0 Å². The third-order valence-corrected chi connectivity index (χ3v) is 2.51. The summed E-state index contributed by atoms with van der Waals surface area (Å²) in [7, 11) is 1.47. The Morgan fingerprint density at radius 3 is 2.65 bits per heavy atom. The molecule has 1 N–H and O–H groups in total. The first-order valence-corrected chi connectivity index (χ1v) is 5.36. The Bertz CT molecular complexity index is 440. The summed E-state index contributed by atoms with van der Waals surface area (Å²) in [4.78, 5) is 27.6. The second-order valence-electron chi connectivity index (χ2n) is 3.83. The fourth-order valence-corrected chi connectivity index (χ4v) is 1.39. The van der Waals surface area contributed by atoms with E-state index in [0.29, 0.717) is 11.3 Å². The molecule has 0 bridgehead atoms. The molecule has 1 aliphatic carbocycles. The van der Waals surface area contributed by atoms with Gasteiger partial charge in [0.25, 0.3) is 5.91 Å². The first kappa shape index (κ1) is 11.4. The van der Waals surface area contributed by atoms with Crippen LogP contribution in [0.15, 0.2) is 24.3 Å². The first-order valence-electron chi connectivity index (χ1n) is 5.36. The van der Waals surface area contributed by atoms with Crippen LogP contribution < -0.4 is 10.2 Å². The van der Waals surface area contributed by atoms with Gasteiger partial charge in [-0.25, -0.2) is 4.79 Å². The van der Waals surface area contributed by atoms with Crippen molar-refractivity contribution in [3.05, 3.63) is 29.8 Å². The zero-order valence-corrected chi connectivity index (χ0v) is 9.43. The number of benzene rings is 1. The highest BCUT2D eigenvalue weighted by atomic mass is 16.7. The minimum Gasteiger partial charge on any atom is -0.496 e. The fourth-order valence-electron chi connectivity index (χ4n) is 1.39. The molecule has 1 fully saturated rings. The molecule has 0 spiro atoms. The van der Waals surface area contributed by atoms with Gasteiger partial charge in [-0.3, -0.25) is 4.79 Å². The summed E-state index contributed by atoms with van der Waals surface area (Å²) in [6.45, 7) is 0. The van der Waals surface area contributed by atoms with Crippen LogP contribution in [0.1, 0.15) is 23.2 Å². The third kappa shape index (κ3) is 2.75. The van der Waals surface area contributed by atoms with Gasteiger partial charge in [-0.05, 0) is 25.0 Å². The van der Waals surface area contributed by atoms with E-state index in [0.717, 1.165) is 12.8 Å². The number of carbonyl (C=O) groups is 2. The lowest BCUT2D eigenvalue weighted by atomic mass is 10.2. The minimum absolute atomic E-state index is 0.0482. The van der Waals surface area contributed by atoms with E-state index in [1.807, 2.05) is 0 Å². The molecule has 2 rings (SSSR count). The van der Waals surface area contributed by atoms with Gasteiger partial charge in [-0.1, -0.05) is 12.1 Å². The highest BCUT2D eigenvalue weighted by molar-refractivity contribution is 5.96. The average Bonchev–Trinajstić information content (AvgIpc) is 3.19. The van der Waals surface area contributed by atoms with E-state index >= 15 is 0 Å². The number of amides is 1. The Morgan fingerprint density at radius 1 is 1.29 bits per heavy atom. The van der Waals surface area contributed by atoms with Crippen molar-refractivity contribution in [3.8, 4) is 5.75 Å². The molecule has 0 atom stereocenters. The van der Waals surface area contributed by atoms with Gasteiger partial charge in [0.1, 0.15) is 5.75 Å². The summed E-state index contributed by atoms with van der Waals surface area (Å²) in [6, 6.07) is 6.72. The molecule has 0 saturated heterocycles. The Hall–Kier alpha value is -2.04. The summed E-state index contributed by atoms with van der Waals surface area (Å²) >= 11 is 0. The van der Waals surface area contributed by atoms with Crippen molar-refractivity contribution in [2.75, 3.05) is 7.11 Å². The lowest BCUT2D eigenvalue weighted by Gasteiger charge is -2.08. The van der Waals surface area contributed by atoms with E-state index in [9.17, 15) is 9.59 Å². The molecular weight excluding hydrogens is 222 g/mol. The van der Waals surface area contributed by atoms with Crippen molar-refractivity contribution in [2.45, 2.75) is 12.8 Å². The molecule has 1 saturated carbocycles. The second-order valence-corrected chi connectivity index (χ2v) is 3.83. The minimum atomic E-state index is -0.489. The maximum Gasteiger partial charge on any atom is 0.335 e. The van der Waals surface area contributed by atoms with Gasteiger partial charge in [0.2, 0.25) is 0 Å². The lowest BCUT2D eigenvalue weighted by Crippen LogP contribution is -2.28. The Kier molecular flexibility index (Phi) is 3.27. The molecule has 0 unspecified atom stereocenters. The maximum atomic E-state index is 11.7. The van der Waals surface area contributed by atoms with Gasteiger partial charge in [0.05, 0.1) is 18.6 Å². The van der Waals surface area contributed by atoms with Gasteiger partial charge >= 0.3 is 5.97 Å². The normalized spacial score (nSPS) is 13.9. The van der Waals surface area contributed by atoms with E-state index in [1.54, 1.807) is 24.3 Å². The topological polar surface area (TPSA) is 64.6 Å². The van der Waals surface area contributed by atoms with Crippen LogP contribution in [0, 0.1) is 5.92 Å². The van der Waals surface area contributed by atoms with Crippen LogP contribution in [0.3, 0.4) is 0 Å². The molecule has 5 heteroatoms. The molecule has 90 valence electrons. The maximum absolute atomic E-state index is 11.7. The Morgan fingerprint density at radius 2 is 2.00 bits per heavy atom. The van der Waals surface area contributed by atoms with E-state index in [1.165, 1.54) is 7.11 Å². The molecular formula is C12H13NO4. The third-order valence-electron chi connectivity index (χ3n) is 2.51. The van der Waals surface area contributed by atoms with Crippen LogP contribution in [0.25, 0.3) is 0 Å². The van der Waals surface area contributed by atoms with E-state index in [-0.39, 0.29) is 11.9 Å². The summed E-state index contributed by atoms with van der Waals surface area (Å²) in [5, 5.41) is 0. The number of methoxy groups -OCH3 is 1. The van der Waals surface area contributed by atoms with Gasteiger partial charge < -0.3 is 9.57 Å². The summed E-state index contributed by atoms with van der Waals surface area (Å²) < 4.78 is 5.03. The first-order chi connectivity index (χ1) is 8.22. The van der Waals surface area contributed by atoms with Gasteiger partial charge in [-0.15, -0.1) is 0 Å². The quantitative estimate of drug-likeness (QED) is 0.802. The standard InChI is InChI=1S/C12H13NO4/c1-16-10-5-3-2-4-9(10)11(14)13-17-12(15)8-6-7-8/h2-5,8H,6-7H2,1H3,(H,13,14). The zero-order chi connectivity index (χ0) is 12.3. The van der Waals surface area contributed by atoms with Crippen LogP contribution in [0.5, 0.6) is 5.75 Å². The summed E-state index contributed by atoms with van der Waals surface area (Å²) in [5.74, 6) is -0.481. The molecule has 0 aromatic heterocycles. The number of rotatable bonds is 3. The van der Waals surface area contributed by atoms with Gasteiger partial charge in [-0.2, -0.15) is 5.48 Å². The number of para-hydroxylation sites is 1. The van der Waals surface area contributed by atoms with Crippen molar-refractivity contribution in [2.24, 2.45) is 5.92 Å². The molecule has 1 aliphatic rings. The number of hydrogen-bond donors (Lipinski definition) is 1. The highest BCUT2D eigenvalue weighted by Gasteiger charge is 2.32. The van der Waals surface area contributed by atoms with Crippen molar-refractivity contribution < 1.29 is 19.2 Å². The van der Waals surface area contributed by atoms with Crippen LogP contribution in [0.2, 0.25) is 0 Å². The van der Waals surface area contributed by atoms with Crippen LogP contribution in [-0.4, -0.2) is 19.0 Å². The lowest BCUT2D eigenvalue weighted by molar-refractivity contribution is -0.150. The van der Waals surface area contributed by atoms with Crippen LogP contribution in [-0.2, 0) is 9.63 Å². The van der Waals surface area contributed by atoms with E-state index in [2.05, 4.69) is 10.3 Å². The molecule has 5 nitrogen and oxygen atoms in total. The van der Waals surface area contributed by atoms with Crippen molar-refractivity contribution in [1.82, 2.24) is 5.48 Å². The van der Waals surface area contributed by atoms with E-state index < -0.39 is 5.91 Å². The Labute approximate surface area is 98.7 Å². The number of carbonyl (C=O) groups excluding carboxylic acids is 2. The highest BCUT2D eigenvalue weighted by Crippen LogP contribution is 2.29. The molecule has 0 radical (unpaired) electrons. The largest absolute Gasteiger partial charge is 0.496 e. The second kappa shape index (κ2) is 4.86. The van der Waals surface area contributed by atoms with Crippen molar-refractivity contribution in [3.63, 3.8) is 0 Å². The van der Waals surface area contributed by atoms with Gasteiger partial charge in [0.15, 0.2) is 0 Å². The van der Waals surface area contributed by atoms with Crippen molar-refractivity contribution in [1.29, 1.82) is 0 Å². The smallest absolute Gasteiger partial charge is 0.335 e. The monoisotopic (exact) mass is 235 g/mol. The van der Waals surface area contributed by atoms with Crippen LogP contribution >= 0.6 is 0 Å². The summed E-state index contributed by atoms with van der Waals surface area (Å²) in [6.07, 6.45) is 1.67. The summed E-state index contributed by atoms with van der Waals surface area (Å²) in [5.41, 5.74) is 2.46. The van der Waals surface area contributed by atoms with Crippen LogP contribution in [0.4, 0.5) is 0 Å². The number of ether oxygens (including phenoxy) is 1. The molecule has 0 heterocycles. The Balaban J connectivity index is 1.96. The zero-order valence-electron chi connectivity index (χ0n) is 9.43. The molecule has 1 aromatic rings. The molecule has 0 aliphatic heterocycles. The number of hydrogen-bond acceptors (Lipinski definition) is 4. The SMILES string of the molecule is COc1ccccc1C(=O)NOC(=O)C1CC1. The van der Waals surface area contributed by atoms with Crippen molar-refractivity contribution >= 4 is 11.9 Å². The van der Waals surface area contributed by atoms with E-state index in [4.69, 9.17) is 4.74 Å². The fraction of sp³-hybridized carbons (Fsp3) is 0.333. The molecule has 1 aromatic carbocycles. The number of hydroxylamine groups is 1. The average molecular weight is 235 g/mol. The predicted octanol–water partition coefficient (Wildman–Crippen LogP) is 1.29. The molecule has 17 heavy (non-hydrogen) atoms. The molecule has 1 amide bonds. The number of nitrogens with one attached hydrogen (secondary N) is 1.